The average Bonchev–Trinajstić information content (AvgIpc) is 2.43. The molecule has 1 amide bonds. The average molecular weight is 288 g/mol. The van der Waals surface area contributed by atoms with Crippen molar-refractivity contribution in [2.75, 3.05) is 27.8 Å². The molecule has 7 nitrogen and oxygen atoms in total. The summed E-state index contributed by atoms with van der Waals surface area (Å²) in [5, 5.41) is 2.32. The Labute approximate surface area is 112 Å². The van der Waals surface area contributed by atoms with Crippen molar-refractivity contribution in [1.29, 1.82) is 0 Å². The molecule has 0 bridgehead atoms. The summed E-state index contributed by atoms with van der Waals surface area (Å²) >= 11 is 0. The topological polar surface area (TPSA) is 93.7 Å². The predicted octanol–water partition coefficient (Wildman–Crippen LogP) is -0.272. The molecule has 0 aromatic heterocycles. The van der Waals surface area contributed by atoms with Crippen LogP contribution in [0.1, 0.15) is 0 Å². The van der Waals surface area contributed by atoms with Crippen LogP contribution in [0.15, 0.2) is 23.1 Å². The van der Waals surface area contributed by atoms with Gasteiger partial charge in [0, 0.05) is 13.1 Å². The summed E-state index contributed by atoms with van der Waals surface area (Å²) in [7, 11) is 0.517. The van der Waals surface area contributed by atoms with E-state index in [1.54, 1.807) is 0 Å². The van der Waals surface area contributed by atoms with Crippen LogP contribution in [-0.4, -0.2) is 42.1 Å². The minimum absolute atomic E-state index is 0.00551. The minimum atomic E-state index is -3.77. The minimum Gasteiger partial charge on any atom is -0.493 e. The first-order valence-corrected chi connectivity index (χ1v) is 6.85. The van der Waals surface area contributed by atoms with Gasteiger partial charge >= 0.3 is 0 Å². The fraction of sp³-hybridized carbons (Fsp3) is 0.364. The molecule has 0 aliphatic carbocycles. The van der Waals surface area contributed by atoms with Gasteiger partial charge in [0.05, 0.1) is 25.7 Å². The molecule has 1 aromatic carbocycles. The molecule has 0 aliphatic heterocycles. The van der Waals surface area contributed by atoms with Gasteiger partial charge in [-0.2, -0.15) is 0 Å². The maximum Gasteiger partial charge on any atom is 0.241 e. The van der Waals surface area contributed by atoms with Crippen molar-refractivity contribution in [3.05, 3.63) is 18.2 Å². The Balaban J connectivity index is 2.98. The van der Waals surface area contributed by atoms with Crippen molar-refractivity contribution in [3.63, 3.8) is 0 Å². The second kappa shape index (κ2) is 6.39. The second-order valence-corrected chi connectivity index (χ2v) is 5.28. The van der Waals surface area contributed by atoms with Crippen molar-refractivity contribution in [2.24, 2.45) is 0 Å². The van der Waals surface area contributed by atoms with E-state index in [1.807, 2.05) is 0 Å². The maximum atomic E-state index is 11.9. The van der Waals surface area contributed by atoms with Crippen molar-refractivity contribution < 1.29 is 22.7 Å². The highest BCUT2D eigenvalue weighted by Gasteiger charge is 2.17. The lowest BCUT2D eigenvalue weighted by atomic mass is 10.3. The number of hydrogen-bond acceptors (Lipinski definition) is 5. The molecule has 2 N–H and O–H groups in total. The fourth-order valence-corrected chi connectivity index (χ4v) is 2.31. The standard InChI is InChI=1S/C11H16N2O5S/c1-12-11(14)7-13-19(15,16)8-4-5-9(17-2)10(6-8)18-3/h4-6,13H,7H2,1-3H3,(H,12,14). The first kappa shape index (κ1) is 15.3. The van der Waals surface area contributed by atoms with Crippen LogP contribution in [0.25, 0.3) is 0 Å². The molecule has 1 aromatic rings. The highest BCUT2D eigenvalue weighted by atomic mass is 32.2. The fourth-order valence-electron chi connectivity index (χ4n) is 1.32. The van der Waals surface area contributed by atoms with Gasteiger partial charge in [-0.3, -0.25) is 4.79 Å². The van der Waals surface area contributed by atoms with Crippen molar-refractivity contribution in [2.45, 2.75) is 4.90 Å². The molecule has 0 heterocycles. The van der Waals surface area contributed by atoms with E-state index in [2.05, 4.69) is 10.0 Å². The Morgan fingerprint density at radius 1 is 1.21 bits per heavy atom. The maximum absolute atomic E-state index is 11.9. The van der Waals surface area contributed by atoms with E-state index < -0.39 is 15.9 Å². The van der Waals surface area contributed by atoms with E-state index >= 15 is 0 Å². The van der Waals surface area contributed by atoms with Crippen LogP contribution in [-0.2, 0) is 14.8 Å². The molecule has 0 radical (unpaired) electrons. The van der Waals surface area contributed by atoms with Gasteiger partial charge in [0.25, 0.3) is 0 Å². The van der Waals surface area contributed by atoms with Crippen molar-refractivity contribution in [3.8, 4) is 11.5 Å². The zero-order valence-electron chi connectivity index (χ0n) is 10.9. The smallest absolute Gasteiger partial charge is 0.241 e. The Hall–Kier alpha value is -1.80. The Morgan fingerprint density at radius 3 is 2.37 bits per heavy atom. The molecule has 19 heavy (non-hydrogen) atoms. The third-order valence-electron chi connectivity index (χ3n) is 2.37. The van der Waals surface area contributed by atoms with Gasteiger partial charge < -0.3 is 14.8 Å². The van der Waals surface area contributed by atoms with E-state index in [0.29, 0.717) is 11.5 Å². The zero-order valence-corrected chi connectivity index (χ0v) is 11.7. The number of methoxy groups -OCH3 is 2. The first-order chi connectivity index (χ1) is 8.94. The summed E-state index contributed by atoms with van der Waals surface area (Å²) in [5.74, 6) is 0.294. The van der Waals surface area contributed by atoms with E-state index in [1.165, 1.54) is 39.5 Å². The Morgan fingerprint density at radius 2 is 1.84 bits per heavy atom. The normalized spacial score (nSPS) is 10.9. The summed E-state index contributed by atoms with van der Waals surface area (Å²) < 4.78 is 36.1. The van der Waals surface area contributed by atoms with Gasteiger partial charge in [0.2, 0.25) is 15.9 Å². The molecule has 1 rings (SSSR count). The van der Waals surface area contributed by atoms with Crippen LogP contribution in [0.4, 0.5) is 0 Å². The molecule has 0 atom stereocenters. The molecule has 0 spiro atoms. The van der Waals surface area contributed by atoms with Gasteiger partial charge in [0.1, 0.15) is 0 Å². The summed E-state index contributed by atoms with van der Waals surface area (Å²) in [6.45, 7) is -0.326. The number of carbonyl (C=O) groups is 1. The number of nitrogens with one attached hydrogen (secondary N) is 2. The number of rotatable bonds is 6. The lowest BCUT2D eigenvalue weighted by Gasteiger charge is -2.10. The van der Waals surface area contributed by atoms with E-state index in [0.717, 1.165) is 0 Å². The lowest BCUT2D eigenvalue weighted by molar-refractivity contribution is -0.119. The molecule has 8 heteroatoms. The van der Waals surface area contributed by atoms with Crippen LogP contribution in [0.5, 0.6) is 11.5 Å². The van der Waals surface area contributed by atoms with Gasteiger partial charge in [-0.25, -0.2) is 13.1 Å². The van der Waals surface area contributed by atoms with Crippen LogP contribution in [0, 0.1) is 0 Å². The summed E-state index contributed by atoms with van der Waals surface area (Å²) in [5.41, 5.74) is 0. The first-order valence-electron chi connectivity index (χ1n) is 5.37. The quantitative estimate of drug-likeness (QED) is 0.751. The molecule has 106 valence electrons. The SMILES string of the molecule is CNC(=O)CNS(=O)(=O)c1ccc(OC)c(OC)c1. The van der Waals surface area contributed by atoms with E-state index in [4.69, 9.17) is 9.47 Å². The molecular weight excluding hydrogens is 272 g/mol. The van der Waals surface area contributed by atoms with E-state index in [9.17, 15) is 13.2 Å². The van der Waals surface area contributed by atoms with Gasteiger partial charge in [0.15, 0.2) is 11.5 Å². The molecule has 0 unspecified atom stereocenters. The summed E-state index contributed by atoms with van der Waals surface area (Å²) in [6.07, 6.45) is 0. The largest absolute Gasteiger partial charge is 0.493 e. The number of hydrogen-bond donors (Lipinski definition) is 2. The number of sulfonamides is 1. The Kier molecular flexibility index (Phi) is 5.13. The third kappa shape index (κ3) is 3.83. The van der Waals surface area contributed by atoms with Crippen LogP contribution >= 0.6 is 0 Å². The number of amides is 1. The number of carbonyl (C=O) groups excluding carboxylic acids is 1. The number of benzene rings is 1. The van der Waals surface area contributed by atoms with Crippen LogP contribution in [0.3, 0.4) is 0 Å². The highest BCUT2D eigenvalue weighted by molar-refractivity contribution is 7.89. The van der Waals surface area contributed by atoms with Gasteiger partial charge in [-0.15, -0.1) is 0 Å². The third-order valence-corrected chi connectivity index (χ3v) is 3.77. The highest BCUT2D eigenvalue weighted by Crippen LogP contribution is 2.29. The molecule has 0 saturated heterocycles. The molecule has 0 saturated carbocycles. The summed E-state index contributed by atoms with van der Waals surface area (Å²) in [6, 6.07) is 4.17. The number of ether oxygens (including phenoxy) is 2. The van der Waals surface area contributed by atoms with E-state index in [-0.39, 0.29) is 11.4 Å². The lowest BCUT2D eigenvalue weighted by Crippen LogP contribution is -2.35. The molecular formula is C11H16N2O5S. The second-order valence-electron chi connectivity index (χ2n) is 3.51. The molecule has 0 fully saturated rings. The van der Waals surface area contributed by atoms with Gasteiger partial charge in [-0.05, 0) is 12.1 Å². The van der Waals surface area contributed by atoms with Crippen molar-refractivity contribution in [1.82, 2.24) is 10.0 Å². The van der Waals surface area contributed by atoms with Crippen LogP contribution in [0.2, 0.25) is 0 Å². The monoisotopic (exact) mass is 288 g/mol. The zero-order chi connectivity index (χ0) is 14.5. The molecule has 0 aliphatic rings. The van der Waals surface area contributed by atoms with Crippen LogP contribution < -0.4 is 19.5 Å². The summed E-state index contributed by atoms with van der Waals surface area (Å²) in [4.78, 5) is 11.0. The van der Waals surface area contributed by atoms with Gasteiger partial charge in [-0.1, -0.05) is 0 Å². The number of likely N-dealkylation sites (N-methyl/N-ethyl adjacent to an activating group) is 1. The van der Waals surface area contributed by atoms with Crippen molar-refractivity contribution >= 4 is 15.9 Å². The Bertz CT molecular complexity index is 556. The predicted molar refractivity (Wildman–Crippen MR) is 68.8 cm³/mol.